The quantitative estimate of drug-likeness (QED) is 0.712. The van der Waals surface area contributed by atoms with Crippen molar-refractivity contribution < 1.29 is 9.47 Å². The minimum Gasteiger partial charge on any atom is -0.497 e. The van der Waals surface area contributed by atoms with E-state index in [4.69, 9.17) is 19.4 Å². The first-order valence-electron chi connectivity index (χ1n) is 9.15. The Hall–Kier alpha value is -3.35. The number of nitrogens with zero attached hydrogens (tertiary/aromatic N) is 4. The number of nitrogens with one attached hydrogen (secondary N) is 1. The second-order valence-electron chi connectivity index (χ2n) is 6.85. The highest BCUT2D eigenvalue weighted by atomic mass is 16.5. The van der Waals surface area contributed by atoms with Gasteiger partial charge in [0.2, 0.25) is 0 Å². The highest BCUT2D eigenvalue weighted by Gasteiger charge is 2.16. The average Bonchev–Trinajstić information content (AvgIpc) is 3.26. The van der Waals surface area contributed by atoms with Crippen LogP contribution in [0.4, 0.5) is 5.82 Å². The summed E-state index contributed by atoms with van der Waals surface area (Å²) in [5.74, 6) is 3.26. The van der Waals surface area contributed by atoms with Crippen molar-refractivity contribution in [3.05, 3.63) is 53.9 Å². The van der Waals surface area contributed by atoms with Gasteiger partial charge in [0.25, 0.3) is 0 Å². The van der Waals surface area contributed by atoms with E-state index in [0.29, 0.717) is 5.82 Å². The van der Waals surface area contributed by atoms with Crippen LogP contribution in [-0.4, -0.2) is 43.9 Å². The number of anilines is 1. The number of aromatic nitrogens is 2. The van der Waals surface area contributed by atoms with Crippen LogP contribution in [0.5, 0.6) is 11.5 Å². The van der Waals surface area contributed by atoms with Crippen LogP contribution in [-0.2, 0) is 6.61 Å². The Kier molecular flexibility index (Phi) is 4.97. The Balaban J connectivity index is 1.64. The van der Waals surface area contributed by atoms with Crippen molar-refractivity contribution in [3.8, 4) is 11.5 Å². The Morgan fingerprint density at radius 2 is 1.96 bits per heavy atom. The van der Waals surface area contributed by atoms with Gasteiger partial charge in [0.1, 0.15) is 23.9 Å². The normalized spacial score (nSPS) is 15.5. The van der Waals surface area contributed by atoms with Crippen LogP contribution in [0.2, 0.25) is 0 Å². The molecule has 0 fully saturated rings. The number of hydrazone groups is 1. The van der Waals surface area contributed by atoms with E-state index in [2.05, 4.69) is 22.7 Å². The minimum atomic E-state index is 0.274. The van der Waals surface area contributed by atoms with Crippen LogP contribution in [0.25, 0.3) is 10.9 Å². The van der Waals surface area contributed by atoms with Crippen molar-refractivity contribution in [2.45, 2.75) is 12.5 Å². The molecule has 0 amide bonds. The number of rotatable bonds is 6. The maximum absolute atomic E-state index is 5.87. The summed E-state index contributed by atoms with van der Waals surface area (Å²) in [7, 11) is 5.61. The third-order valence-electron chi connectivity index (χ3n) is 4.66. The van der Waals surface area contributed by atoms with Crippen molar-refractivity contribution in [3.63, 3.8) is 0 Å². The standard InChI is InChI=1S/C21H23N5O2/c1-26(2)21-18-9-14(15-11-22-23-12-15)7-8-19(18)24-20(25-21)13-28-17-6-4-5-16(10-17)27-3/h4-11,15,23H,12-13H2,1-3H3. The second-order valence-corrected chi connectivity index (χ2v) is 6.85. The predicted octanol–water partition coefficient (Wildman–Crippen LogP) is 2.96. The van der Waals surface area contributed by atoms with Gasteiger partial charge < -0.3 is 19.8 Å². The molecule has 2 aromatic carbocycles. The largest absolute Gasteiger partial charge is 0.497 e. The Morgan fingerprint density at radius 1 is 1.11 bits per heavy atom. The monoisotopic (exact) mass is 377 g/mol. The van der Waals surface area contributed by atoms with Gasteiger partial charge in [0, 0.05) is 44.2 Å². The van der Waals surface area contributed by atoms with Crippen molar-refractivity contribution in [1.82, 2.24) is 15.4 Å². The topological polar surface area (TPSA) is 71.9 Å². The van der Waals surface area contributed by atoms with Crippen molar-refractivity contribution in [1.29, 1.82) is 0 Å². The molecule has 0 radical (unpaired) electrons. The lowest BCUT2D eigenvalue weighted by atomic mass is 9.99. The fraction of sp³-hybridized carbons (Fsp3) is 0.286. The zero-order valence-corrected chi connectivity index (χ0v) is 16.2. The Morgan fingerprint density at radius 3 is 2.71 bits per heavy atom. The first kappa shape index (κ1) is 18.0. The Bertz CT molecular complexity index is 1020. The predicted molar refractivity (Wildman–Crippen MR) is 110 cm³/mol. The second kappa shape index (κ2) is 7.72. The number of methoxy groups -OCH3 is 1. The van der Waals surface area contributed by atoms with Gasteiger partial charge in [-0.2, -0.15) is 5.10 Å². The summed E-state index contributed by atoms with van der Waals surface area (Å²) >= 11 is 0. The molecular weight excluding hydrogens is 354 g/mol. The van der Waals surface area contributed by atoms with E-state index >= 15 is 0 Å². The van der Waals surface area contributed by atoms with Gasteiger partial charge in [-0.25, -0.2) is 9.97 Å². The summed E-state index contributed by atoms with van der Waals surface area (Å²) in [6.45, 7) is 1.10. The number of ether oxygens (including phenoxy) is 2. The molecule has 0 saturated carbocycles. The zero-order valence-electron chi connectivity index (χ0n) is 16.2. The Labute approximate surface area is 164 Å². The number of benzene rings is 2. The molecule has 1 aliphatic heterocycles. The fourth-order valence-corrected chi connectivity index (χ4v) is 3.20. The molecule has 1 atom stereocenters. The smallest absolute Gasteiger partial charge is 0.168 e. The van der Waals surface area contributed by atoms with Crippen LogP contribution in [0.3, 0.4) is 0 Å². The summed E-state index contributed by atoms with van der Waals surface area (Å²) in [6, 6.07) is 13.8. The summed E-state index contributed by atoms with van der Waals surface area (Å²) < 4.78 is 11.1. The third-order valence-corrected chi connectivity index (χ3v) is 4.66. The SMILES string of the molecule is COc1cccc(OCc2nc(N(C)C)c3cc(C4C=NNC4)ccc3n2)c1. The van der Waals surface area contributed by atoms with Gasteiger partial charge in [-0.3, -0.25) is 0 Å². The molecule has 1 unspecified atom stereocenters. The molecule has 144 valence electrons. The maximum Gasteiger partial charge on any atom is 0.168 e. The van der Waals surface area contributed by atoms with Gasteiger partial charge in [0.15, 0.2) is 5.82 Å². The first-order valence-corrected chi connectivity index (χ1v) is 9.15. The summed E-state index contributed by atoms with van der Waals surface area (Å²) in [4.78, 5) is 11.4. The van der Waals surface area contributed by atoms with Crippen LogP contribution in [0, 0.1) is 0 Å². The van der Waals surface area contributed by atoms with Crippen molar-refractivity contribution in [2.24, 2.45) is 5.10 Å². The fourth-order valence-electron chi connectivity index (χ4n) is 3.20. The maximum atomic E-state index is 5.87. The molecule has 3 aromatic rings. The molecule has 0 spiro atoms. The lowest BCUT2D eigenvalue weighted by Gasteiger charge is -2.17. The van der Waals surface area contributed by atoms with E-state index in [9.17, 15) is 0 Å². The summed E-state index contributed by atoms with van der Waals surface area (Å²) in [5, 5.41) is 5.14. The lowest BCUT2D eigenvalue weighted by Crippen LogP contribution is -2.15. The molecule has 0 saturated heterocycles. The highest BCUT2D eigenvalue weighted by molar-refractivity contribution is 5.90. The molecule has 0 aliphatic carbocycles. The van der Waals surface area contributed by atoms with E-state index in [1.807, 2.05) is 55.5 Å². The molecule has 7 heteroatoms. The number of hydrogen-bond acceptors (Lipinski definition) is 7. The van der Waals surface area contributed by atoms with Gasteiger partial charge in [0.05, 0.1) is 12.6 Å². The van der Waals surface area contributed by atoms with Crippen LogP contribution in [0.1, 0.15) is 17.3 Å². The van der Waals surface area contributed by atoms with E-state index in [1.165, 1.54) is 5.56 Å². The average molecular weight is 377 g/mol. The summed E-state index contributed by atoms with van der Waals surface area (Å²) in [5.41, 5.74) is 5.11. The number of fused-ring (bicyclic) bond motifs is 1. The third kappa shape index (κ3) is 3.69. The van der Waals surface area contributed by atoms with Crippen molar-refractivity contribution in [2.75, 3.05) is 32.6 Å². The van der Waals surface area contributed by atoms with Gasteiger partial charge >= 0.3 is 0 Å². The minimum absolute atomic E-state index is 0.274. The van der Waals surface area contributed by atoms with E-state index in [-0.39, 0.29) is 12.5 Å². The molecule has 2 heterocycles. The van der Waals surface area contributed by atoms with Gasteiger partial charge in [-0.15, -0.1) is 0 Å². The number of hydrogen-bond donors (Lipinski definition) is 1. The van der Waals surface area contributed by atoms with E-state index in [0.717, 1.165) is 34.8 Å². The lowest BCUT2D eigenvalue weighted by molar-refractivity contribution is 0.294. The van der Waals surface area contributed by atoms with Crippen LogP contribution < -0.4 is 19.8 Å². The highest BCUT2D eigenvalue weighted by Crippen LogP contribution is 2.27. The molecule has 4 rings (SSSR count). The van der Waals surface area contributed by atoms with Crippen LogP contribution >= 0.6 is 0 Å². The van der Waals surface area contributed by atoms with Crippen LogP contribution in [0.15, 0.2) is 47.6 Å². The van der Waals surface area contributed by atoms with Gasteiger partial charge in [-0.1, -0.05) is 12.1 Å². The molecule has 1 aromatic heterocycles. The van der Waals surface area contributed by atoms with Gasteiger partial charge in [-0.05, 0) is 29.8 Å². The first-order chi connectivity index (χ1) is 13.6. The molecule has 0 bridgehead atoms. The molecule has 7 nitrogen and oxygen atoms in total. The molecule has 1 N–H and O–H groups in total. The summed E-state index contributed by atoms with van der Waals surface area (Å²) in [6.07, 6.45) is 1.94. The van der Waals surface area contributed by atoms with E-state index in [1.54, 1.807) is 7.11 Å². The van der Waals surface area contributed by atoms with E-state index < -0.39 is 0 Å². The van der Waals surface area contributed by atoms with Crippen molar-refractivity contribution >= 4 is 22.9 Å². The zero-order chi connectivity index (χ0) is 19.5. The molecular formula is C21H23N5O2. The molecule has 1 aliphatic rings. The molecule has 28 heavy (non-hydrogen) atoms.